The minimum absolute atomic E-state index is 0.0652. The van der Waals surface area contributed by atoms with Crippen molar-refractivity contribution in [2.45, 2.75) is 49.5 Å². The van der Waals surface area contributed by atoms with Gasteiger partial charge in [0.05, 0.1) is 11.4 Å². The maximum absolute atomic E-state index is 12.1. The van der Waals surface area contributed by atoms with Crippen LogP contribution in [0, 0.1) is 0 Å². The Balaban J connectivity index is 1.56. The molecule has 0 radical (unpaired) electrons. The summed E-state index contributed by atoms with van der Waals surface area (Å²) in [6, 6.07) is 8.24. The second kappa shape index (κ2) is 7.18. The number of nitrogens with one attached hydrogen (secondary N) is 1. The van der Waals surface area contributed by atoms with E-state index in [0.29, 0.717) is 24.8 Å². The van der Waals surface area contributed by atoms with Crippen molar-refractivity contribution in [3.8, 4) is 0 Å². The largest absolute Gasteiger partial charge is 0.353 e. The van der Waals surface area contributed by atoms with Crippen LogP contribution in [-0.4, -0.2) is 30.2 Å². The maximum Gasteiger partial charge on any atom is 0.237 e. The lowest BCUT2D eigenvalue weighted by Crippen LogP contribution is -2.41. The van der Waals surface area contributed by atoms with E-state index in [2.05, 4.69) is 5.32 Å². The van der Waals surface area contributed by atoms with Gasteiger partial charge < -0.3 is 10.2 Å². The van der Waals surface area contributed by atoms with E-state index >= 15 is 0 Å². The fraction of sp³-hybridized carbons (Fsp3) is 0.529. The highest BCUT2D eigenvalue weighted by Gasteiger charge is 2.25. The molecular weight excluding hydrogens is 296 g/mol. The van der Waals surface area contributed by atoms with Crippen LogP contribution < -0.4 is 10.2 Å². The topological polar surface area (TPSA) is 49.4 Å². The third-order valence-corrected chi connectivity index (χ3v) is 5.39. The number of amides is 2. The van der Waals surface area contributed by atoms with Gasteiger partial charge in [-0.3, -0.25) is 9.59 Å². The molecule has 1 aromatic carbocycles. The Morgan fingerprint density at radius 3 is 2.82 bits per heavy atom. The third-order valence-electron chi connectivity index (χ3n) is 4.34. The third kappa shape index (κ3) is 3.64. The first-order valence-electron chi connectivity index (χ1n) is 8.05. The summed E-state index contributed by atoms with van der Waals surface area (Å²) in [4.78, 5) is 27.1. The van der Waals surface area contributed by atoms with E-state index in [-0.39, 0.29) is 11.8 Å². The Bertz CT molecular complexity index is 555. The van der Waals surface area contributed by atoms with Crippen molar-refractivity contribution in [2.24, 2.45) is 0 Å². The molecule has 0 unspecified atom stereocenters. The summed E-state index contributed by atoms with van der Waals surface area (Å²) in [5.41, 5.74) is 0.939. The lowest BCUT2D eigenvalue weighted by atomic mass is 9.95. The number of hydrogen-bond acceptors (Lipinski definition) is 3. The van der Waals surface area contributed by atoms with Gasteiger partial charge in [0, 0.05) is 23.9 Å². The first-order valence-corrected chi connectivity index (χ1v) is 9.04. The Kier molecular flexibility index (Phi) is 5.03. The molecule has 0 bridgehead atoms. The monoisotopic (exact) mass is 318 g/mol. The molecule has 0 spiro atoms. The standard InChI is InChI=1S/C17H22N2O2S/c20-16(18-13-6-2-1-3-7-13)10-11-19-14-8-4-5-9-15(14)22-12-17(19)21/h4-5,8-9,13H,1-3,6-7,10-12H2,(H,18,20). The number of rotatable bonds is 4. The molecule has 2 amide bonds. The Morgan fingerprint density at radius 1 is 1.23 bits per heavy atom. The number of thioether (sulfide) groups is 1. The smallest absolute Gasteiger partial charge is 0.237 e. The first kappa shape index (κ1) is 15.4. The van der Waals surface area contributed by atoms with Gasteiger partial charge in [0.2, 0.25) is 11.8 Å². The van der Waals surface area contributed by atoms with Crippen LogP contribution >= 0.6 is 11.8 Å². The molecule has 0 aromatic heterocycles. The van der Waals surface area contributed by atoms with Crippen molar-refractivity contribution >= 4 is 29.3 Å². The van der Waals surface area contributed by atoms with Gasteiger partial charge in [0.1, 0.15) is 0 Å². The number of para-hydroxylation sites is 1. The zero-order chi connectivity index (χ0) is 15.4. The van der Waals surface area contributed by atoms with Crippen LogP contribution in [0.4, 0.5) is 5.69 Å². The van der Waals surface area contributed by atoms with Gasteiger partial charge in [0.25, 0.3) is 0 Å². The SMILES string of the molecule is O=C(CCN1C(=O)CSc2ccccc21)NC1CCCCC1. The van der Waals surface area contributed by atoms with Gasteiger partial charge in [-0.15, -0.1) is 11.8 Å². The zero-order valence-corrected chi connectivity index (χ0v) is 13.5. The fourth-order valence-corrected chi connectivity index (χ4v) is 4.09. The Hall–Kier alpha value is -1.49. The van der Waals surface area contributed by atoms with E-state index in [4.69, 9.17) is 0 Å². The van der Waals surface area contributed by atoms with Crippen LogP contribution in [0.25, 0.3) is 0 Å². The summed E-state index contributed by atoms with van der Waals surface area (Å²) in [7, 11) is 0. The second-order valence-corrected chi connectivity index (χ2v) is 6.97. The van der Waals surface area contributed by atoms with Gasteiger partial charge >= 0.3 is 0 Å². The lowest BCUT2D eigenvalue weighted by Gasteiger charge is -2.29. The van der Waals surface area contributed by atoms with Crippen LogP contribution in [0.3, 0.4) is 0 Å². The number of hydrogen-bond donors (Lipinski definition) is 1. The molecule has 1 fully saturated rings. The molecule has 22 heavy (non-hydrogen) atoms. The van der Waals surface area contributed by atoms with Crippen molar-refractivity contribution in [2.75, 3.05) is 17.2 Å². The predicted molar refractivity (Wildman–Crippen MR) is 89.2 cm³/mol. The van der Waals surface area contributed by atoms with Crippen molar-refractivity contribution in [3.63, 3.8) is 0 Å². The summed E-state index contributed by atoms with van der Waals surface area (Å²) >= 11 is 1.57. The van der Waals surface area contributed by atoms with Crippen LogP contribution in [0.1, 0.15) is 38.5 Å². The number of anilines is 1. The minimum atomic E-state index is 0.0652. The van der Waals surface area contributed by atoms with Crippen LogP contribution in [0.2, 0.25) is 0 Å². The number of benzene rings is 1. The normalized spacial score (nSPS) is 18.9. The maximum atomic E-state index is 12.1. The van der Waals surface area contributed by atoms with E-state index in [0.717, 1.165) is 23.4 Å². The molecule has 2 aliphatic rings. The molecule has 1 aromatic rings. The average Bonchev–Trinajstić information content (AvgIpc) is 2.55. The van der Waals surface area contributed by atoms with E-state index < -0.39 is 0 Å². The summed E-state index contributed by atoms with van der Waals surface area (Å²) < 4.78 is 0. The average molecular weight is 318 g/mol. The van der Waals surface area contributed by atoms with Crippen molar-refractivity contribution < 1.29 is 9.59 Å². The number of fused-ring (bicyclic) bond motifs is 1. The molecule has 1 aliphatic carbocycles. The molecule has 1 saturated carbocycles. The van der Waals surface area contributed by atoms with Crippen molar-refractivity contribution in [1.82, 2.24) is 5.32 Å². The van der Waals surface area contributed by atoms with Crippen molar-refractivity contribution in [3.05, 3.63) is 24.3 Å². The van der Waals surface area contributed by atoms with Gasteiger partial charge in [-0.25, -0.2) is 0 Å². The highest BCUT2D eigenvalue weighted by molar-refractivity contribution is 8.00. The van der Waals surface area contributed by atoms with Gasteiger partial charge in [-0.05, 0) is 25.0 Å². The summed E-state index contributed by atoms with van der Waals surface area (Å²) in [5, 5.41) is 3.12. The molecule has 1 aliphatic heterocycles. The summed E-state index contributed by atoms with van der Waals surface area (Å²) in [6.07, 6.45) is 6.26. The second-order valence-electron chi connectivity index (χ2n) is 5.95. The van der Waals surface area contributed by atoms with E-state index in [1.165, 1.54) is 19.3 Å². The predicted octanol–water partition coefficient (Wildman–Crippen LogP) is 2.96. The first-order chi connectivity index (χ1) is 10.7. The molecule has 3 rings (SSSR count). The van der Waals surface area contributed by atoms with Crippen LogP contribution in [0.15, 0.2) is 29.2 Å². The highest BCUT2D eigenvalue weighted by Crippen LogP contribution is 2.34. The van der Waals surface area contributed by atoms with E-state index in [1.54, 1.807) is 16.7 Å². The van der Waals surface area contributed by atoms with E-state index in [9.17, 15) is 9.59 Å². The number of carbonyl (C=O) groups excluding carboxylic acids is 2. The molecule has 5 heteroatoms. The van der Waals surface area contributed by atoms with Crippen LogP contribution in [0.5, 0.6) is 0 Å². The quantitative estimate of drug-likeness (QED) is 0.928. The molecule has 4 nitrogen and oxygen atoms in total. The summed E-state index contributed by atoms with van der Waals surface area (Å²) in [5.74, 6) is 0.617. The van der Waals surface area contributed by atoms with Crippen LogP contribution in [-0.2, 0) is 9.59 Å². The van der Waals surface area contributed by atoms with Gasteiger partial charge in [-0.1, -0.05) is 31.4 Å². The van der Waals surface area contributed by atoms with E-state index in [1.807, 2.05) is 24.3 Å². The number of carbonyl (C=O) groups is 2. The molecule has 118 valence electrons. The Morgan fingerprint density at radius 2 is 2.00 bits per heavy atom. The fourth-order valence-electron chi connectivity index (χ4n) is 3.16. The minimum Gasteiger partial charge on any atom is -0.353 e. The zero-order valence-electron chi connectivity index (χ0n) is 12.7. The molecule has 0 atom stereocenters. The Labute approximate surface area is 135 Å². The van der Waals surface area contributed by atoms with Gasteiger partial charge in [-0.2, -0.15) is 0 Å². The molecule has 1 N–H and O–H groups in total. The summed E-state index contributed by atoms with van der Waals surface area (Å²) in [6.45, 7) is 0.467. The lowest BCUT2D eigenvalue weighted by molar-refractivity contribution is -0.121. The van der Waals surface area contributed by atoms with Crippen molar-refractivity contribution in [1.29, 1.82) is 0 Å². The highest BCUT2D eigenvalue weighted by atomic mass is 32.2. The number of nitrogens with zero attached hydrogens (tertiary/aromatic N) is 1. The van der Waals surface area contributed by atoms with Gasteiger partial charge in [0.15, 0.2) is 0 Å². The molecule has 1 heterocycles. The molecule has 0 saturated heterocycles. The molecular formula is C17H22N2O2S.